The van der Waals surface area contributed by atoms with Gasteiger partial charge < -0.3 is 5.41 Å². The maximum absolute atomic E-state index is 12.0. The summed E-state index contributed by atoms with van der Waals surface area (Å²) in [5.74, 6) is -0.0654. The zero-order chi connectivity index (χ0) is 12.0. The molecule has 0 heterocycles. The highest BCUT2D eigenvalue weighted by atomic mass is 16.2. The summed E-state index contributed by atoms with van der Waals surface area (Å²) in [4.78, 5) is 12.0. The summed E-state index contributed by atoms with van der Waals surface area (Å²) in [5, 5.41) is 8.86. The van der Waals surface area contributed by atoms with Gasteiger partial charge in [0.25, 0.3) is 5.91 Å². The average Bonchev–Trinajstić information content (AvgIpc) is 2.30. The molecule has 2 N–H and O–H groups in total. The Labute approximate surface area is 95.7 Å². The second-order valence-corrected chi connectivity index (χ2v) is 3.58. The van der Waals surface area contributed by atoms with Crippen LogP contribution < -0.4 is 5.43 Å². The van der Waals surface area contributed by atoms with E-state index in [0.717, 1.165) is 0 Å². The van der Waals surface area contributed by atoms with Gasteiger partial charge in [0.1, 0.15) is 0 Å². The molecule has 1 aromatic rings. The van der Waals surface area contributed by atoms with Crippen molar-refractivity contribution in [2.24, 2.45) is 0 Å². The fourth-order valence-corrected chi connectivity index (χ4v) is 1.33. The fraction of sp³-hybridized carbons (Fsp3) is 0.333. The van der Waals surface area contributed by atoms with Gasteiger partial charge in [-0.2, -0.15) is 0 Å². The lowest BCUT2D eigenvalue weighted by atomic mass is 10.2. The van der Waals surface area contributed by atoms with Crippen LogP contribution in [-0.2, 0) is 0 Å². The molecule has 0 bridgehead atoms. The Morgan fingerprint density at radius 2 is 2.00 bits per heavy atom. The average molecular weight is 219 g/mol. The van der Waals surface area contributed by atoms with Crippen molar-refractivity contribution in [2.75, 3.05) is 13.6 Å². The lowest BCUT2D eigenvalue weighted by Crippen LogP contribution is -2.41. The van der Waals surface area contributed by atoms with Crippen molar-refractivity contribution in [3.05, 3.63) is 35.9 Å². The van der Waals surface area contributed by atoms with E-state index in [4.69, 9.17) is 5.41 Å². The number of hydrogen-bond donors (Lipinski definition) is 2. The molecule has 0 aliphatic heterocycles. The molecule has 0 aliphatic rings. The first-order chi connectivity index (χ1) is 7.65. The Balaban J connectivity index is 2.66. The van der Waals surface area contributed by atoms with Crippen LogP contribution >= 0.6 is 0 Å². The zero-order valence-corrected chi connectivity index (χ0v) is 9.66. The SMILES string of the molecule is CNN(CCC(C)=N)C(=O)c1ccccc1. The van der Waals surface area contributed by atoms with Crippen molar-refractivity contribution in [3.63, 3.8) is 0 Å². The highest BCUT2D eigenvalue weighted by molar-refractivity contribution is 5.94. The van der Waals surface area contributed by atoms with E-state index in [-0.39, 0.29) is 5.91 Å². The summed E-state index contributed by atoms with van der Waals surface area (Å²) in [6, 6.07) is 9.11. The predicted octanol–water partition coefficient (Wildman–Crippen LogP) is 1.69. The molecule has 0 fully saturated rings. The van der Waals surface area contributed by atoms with Crippen LogP contribution in [0.5, 0.6) is 0 Å². The number of nitrogens with zero attached hydrogens (tertiary/aromatic N) is 1. The van der Waals surface area contributed by atoms with Crippen LogP contribution in [0.2, 0.25) is 0 Å². The van der Waals surface area contributed by atoms with Crippen molar-refractivity contribution < 1.29 is 4.79 Å². The number of carbonyl (C=O) groups is 1. The molecule has 1 rings (SSSR count). The third kappa shape index (κ3) is 3.47. The molecule has 0 radical (unpaired) electrons. The summed E-state index contributed by atoms with van der Waals surface area (Å²) in [6.07, 6.45) is 0.583. The van der Waals surface area contributed by atoms with Gasteiger partial charge in [-0.1, -0.05) is 18.2 Å². The molecule has 0 saturated carbocycles. The van der Waals surface area contributed by atoms with Gasteiger partial charge in [0.2, 0.25) is 0 Å². The number of nitrogens with one attached hydrogen (secondary N) is 2. The number of carbonyl (C=O) groups excluding carboxylic acids is 1. The fourth-order valence-electron chi connectivity index (χ4n) is 1.33. The van der Waals surface area contributed by atoms with E-state index in [9.17, 15) is 4.79 Å². The van der Waals surface area contributed by atoms with Gasteiger partial charge in [0.15, 0.2) is 0 Å². The molecule has 86 valence electrons. The van der Waals surface area contributed by atoms with Gasteiger partial charge in [-0.25, -0.2) is 5.43 Å². The van der Waals surface area contributed by atoms with Crippen LogP contribution in [0.3, 0.4) is 0 Å². The first-order valence-electron chi connectivity index (χ1n) is 5.23. The minimum absolute atomic E-state index is 0.0654. The lowest BCUT2D eigenvalue weighted by molar-refractivity contribution is 0.0687. The number of hydrazine groups is 1. The lowest BCUT2D eigenvalue weighted by Gasteiger charge is -2.21. The van der Waals surface area contributed by atoms with Gasteiger partial charge in [-0.3, -0.25) is 9.80 Å². The van der Waals surface area contributed by atoms with Crippen molar-refractivity contribution in [3.8, 4) is 0 Å². The Morgan fingerprint density at radius 3 is 2.50 bits per heavy atom. The molecule has 1 aromatic carbocycles. The monoisotopic (exact) mass is 219 g/mol. The summed E-state index contributed by atoms with van der Waals surface area (Å²) in [5.41, 5.74) is 4.07. The Kier molecular flexibility index (Phi) is 4.66. The molecule has 1 amide bonds. The van der Waals surface area contributed by atoms with Crippen molar-refractivity contribution in [1.82, 2.24) is 10.4 Å². The maximum atomic E-state index is 12.0. The molecular formula is C12H17N3O. The summed E-state index contributed by atoms with van der Waals surface area (Å²) < 4.78 is 0. The summed E-state index contributed by atoms with van der Waals surface area (Å²) in [7, 11) is 1.71. The third-order valence-electron chi connectivity index (χ3n) is 2.25. The molecule has 16 heavy (non-hydrogen) atoms. The number of rotatable bonds is 5. The van der Waals surface area contributed by atoms with Crippen molar-refractivity contribution in [2.45, 2.75) is 13.3 Å². The van der Waals surface area contributed by atoms with Gasteiger partial charge in [0, 0.05) is 31.3 Å². The highest BCUT2D eigenvalue weighted by Crippen LogP contribution is 2.03. The zero-order valence-electron chi connectivity index (χ0n) is 9.66. The molecule has 0 aliphatic carbocycles. The standard InChI is InChI=1S/C12H17N3O/c1-10(13)8-9-15(14-2)12(16)11-6-4-3-5-7-11/h3-7,13-14H,8-9H2,1-2H3. The van der Waals surface area contributed by atoms with Crippen molar-refractivity contribution in [1.29, 1.82) is 5.41 Å². The van der Waals surface area contributed by atoms with Gasteiger partial charge in [0.05, 0.1) is 0 Å². The van der Waals surface area contributed by atoms with Gasteiger partial charge in [-0.05, 0) is 19.1 Å². The quantitative estimate of drug-likeness (QED) is 0.585. The highest BCUT2D eigenvalue weighted by Gasteiger charge is 2.13. The van der Waals surface area contributed by atoms with Crippen LogP contribution in [0.1, 0.15) is 23.7 Å². The van der Waals surface area contributed by atoms with Crippen LogP contribution in [-0.4, -0.2) is 30.2 Å². The summed E-state index contributed by atoms with van der Waals surface area (Å²) >= 11 is 0. The predicted molar refractivity (Wildman–Crippen MR) is 64.6 cm³/mol. The Hall–Kier alpha value is -1.68. The van der Waals surface area contributed by atoms with Gasteiger partial charge >= 0.3 is 0 Å². The summed E-state index contributed by atoms with van der Waals surface area (Å²) in [6.45, 7) is 2.25. The van der Waals surface area contributed by atoms with E-state index in [2.05, 4.69) is 5.43 Å². The third-order valence-corrected chi connectivity index (χ3v) is 2.25. The largest absolute Gasteiger partial charge is 0.310 e. The topological polar surface area (TPSA) is 56.2 Å². The molecule has 0 aromatic heterocycles. The first-order valence-corrected chi connectivity index (χ1v) is 5.23. The Morgan fingerprint density at radius 1 is 1.38 bits per heavy atom. The minimum atomic E-state index is -0.0654. The number of amides is 1. The molecule has 4 heteroatoms. The van der Waals surface area contributed by atoms with E-state index < -0.39 is 0 Å². The second kappa shape index (κ2) is 6.02. The van der Waals surface area contributed by atoms with E-state index in [1.165, 1.54) is 5.01 Å². The van der Waals surface area contributed by atoms with E-state index in [1.54, 1.807) is 26.1 Å². The maximum Gasteiger partial charge on any atom is 0.267 e. The van der Waals surface area contributed by atoms with Crippen LogP contribution in [0, 0.1) is 5.41 Å². The number of hydrogen-bond acceptors (Lipinski definition) is 3. The first kappa shape index (κ1) is 12.4. The van der Waals surface area contributed by atoms with Crippen LogP contribution in [0.25, 0.3) is 0 Å². The molecule has 0 saturated heterocycles. The second-order valence-electron chi connectivity index (χ2n) is 3.58. The molecule has 4 nitrogen and oxygen atoms in total. The van der Waals surface area contributed by atoms with E-state index >= 15 is 0 Å². The minimum Gasteiger partial charge on any atom is -0.310 e. The van der Waals surface area contributed by atoms with Gasteiger partial charge in [-0.15, -0.1) is 0 Å². The van der Waals surface area contributed by atoms with E-state index in [0.29, 0.717) is 24.2 Å². The Bertz CT molecular complexity index is 362. The van der Waals surface area contributed by atoms with Crippen LogP contribution in [0.15, 0.2) is 30.3 Å². The molecule has 0 unspecified atom stereocenters. The van der Waals surface area contributed by atoms with Crippen LogP contribution in [0.4, 0.5) is 0 Å². The molecule has 0 atom stereocenters. The number of benzene rings is 1. The normalized spacial score (nSPS) is 9.88. The molecule has 0 spiro atoms. The van der Waals surface area contributed by atoms with E-state index in [1.807, 2.05) is 18.2 Å². The van der Waals surface area contributed by atoms with Crippen molar-refractivity contribution >= 4 is 11.6 Å². The molecular weight excluding hydrogens is 202 g/mol. The smallest absolute Gasteiger partial charge is 0.267 e.